The number of nitrogens with zero attached hydrogens (tertiary/aromatic N) is 6. The molecule has 50 heavy (non-hydrogen) atoms. The van der Waals surface area contributed by atoms with Crippen molar-refractivity contribution in [1.82, 2.24) is 20.2 Å². The third kappa shape index (κ3) is 7.98. The van der Waals surface area contributed by atoms with Crippen LogP contribution >= 0.6 is 0 Å². The first kappa shape index (κ1) is 36.9. The predicted molar refractivity (Wildman–Crippen MR) is 159 cm³/mol. The molecule has 1 aliphatic carbocycles. The highest BCUT2D eigenvalue weighted by Crippen LogP contribution is 2.47. The fourth-order valence-corrected chi connectivity index (χ4v) is 6.92. The fraction of sp³-hybridized carbons (Fsp3) is 0.531. The molecule has 0 radical (unpaired) electrons. The van der Waals surface area contributed by atoms with Gasteiger partial charge in [-0.2, -0.15) is 44.3 Å². The van der Waals surface area contributed by atoms with Gasteiger partial charge in [-0.15, -0.1) is 5.10 Å². The Bertz CT molecular complexity index is 1680. The molecule has 2 aliphatic rings. The summed E-state index contributed by atoms with van der Waals surface area (Å²) in [6, 6.07) is 2.02. The number of carbonyl (C=O) groups excluding carboxylic acids is 1. The third-order valence-electron chi connectivity index (χ3n) is 9.33. The number of carbonyl (C=O) groups is 2. The summed E-state index contributed by atoms with van der Waals surface area (Å²) in [5.74, 6) is -2.23. The van der Waals surface area contributed by atoms with Crippen LogP contribution in [0.4, 0.5) is 51.1 Å². The Kier molecular flexibility index (Phi) is 10.1. The van der Waals surface area contributed by atoms with Gasteiger partial charge >= 0.3 is 24.5 Å². The van der Waals surface area contributed by atoms with Crippen LogP contribution in [0.2, 0.25) is 0 Å². The van der Waals surface area contributed by atoms with E-state index in [1.165, 1.54) is 16.8 Å². The van der Waals surface area contributed by atoms with Gasteiger partial charge in [0.1, 0.15) is 0 Å². The van der Waals surface area contributed by atoms with Gasteiger partial charge in [-0.1, -0.05) is 12.0 Å². The fourth-order valence-electron chi connectivity index (χ4n) is 6.92. The molecule has 2 aromatic carbocycles. The summed E-state index contributed by atoms with van der Waals surface area (Å²) < 4.78 is 125. The van der Waals surface area contributed by atoms with Gasteiger partial charge in [-0.05, 0) is 97.2 Å². The number of alkyl halides is 9. The lowest BCUT2D eigenvalue weighted by atomic mass is 9.79. The van der Waals surface area contributed by atoms with E-state index in [4.69, 9.17) is 0 Å². The highest BCUT2D eigenvalue weighted by molar-refractivity contribution is 5.97. The largest absolute Gasteiger partial charge is 0.481 e. The molecule has 1 fully saturated rings. The quantitative estimate of drug-likeness (QED) is 0.237. The normalized spacial score (nSPS) is 21.5. The van der Waals surface area contributed by atoms with E-state index < -0.39 is 71.3 Å². The highest BCUT2D eigenvalue weighted by atomic mass is 19.4. The molecule has 2 atom stereocenters. The predicted octanol–water partition coefficient (Wildman–Crippen LogP) is 7.81. The Morgan fingerprint density at radius 1 is 0.880 bits per heavy atom. The Balaban J connectivity index is 1.61. The SMILES string of the molecule is CC[C@@H]1C[C@@H](N(Cc2cc(C(F)(F)F)cc(C(F)(F)F)c2)c2nnn(C)n2)c2cc(C(F)(F)F)ccc2N1C(=O)C1CCC(CC(=O)O)CC1. The van der Waals surface area contributed by atoms with Crippen molar-refractivity contribution in [3.8, 4) is 0 Å². The molecule has 5 rings (SSSR count). The summed E-state index contributed by atoms with van der Waals surface area (Å²) in [7, 11) is 1.36. The number of rotatable bonds is 8. The first-order chi connectivity index (χ1) is 23.3. The number of benzene rings is 2. The molecule has 3 aromatic rings. The number of halogens is 9. The van der Waals surface area contributed by atoms with E-state index in [1.54, 1.807) is 6.92 Å². The number of amides is 1. The van der Waals surface area contributed by atoms with Gasteiger partial charge in [-0.25, -0.2) is 0 Å². The van der Waals surface area contributed by atoms with Gasteiger partial charge in [0.25, 0.3) is 5.95 Å². The molecule has 0 unspecified atom stereocenters. The monoisotopic (exact) mass is 720 g/mol. The number of anilines is 2. The molecule has 1 amide bonds. The lowest BCUT2D eigenvalue weighted by Gasteiger charge is -2.46. The van der Waals surface area contributed by atoms with Gasteiger partial charge in [0, 0.05) is 30.6 Å². The molecule has 0 spiro atoms. The van der Waals surface area contributed by atoms with E-state index in [2.05, 4.69) is 15.4 Å². The molecule has 2 heterocycles. The topological polar surface area (TPSA) is 104 Å². The van der Waals surface area contributed by atoms with E-state index >= 15 is 0 Å². The number of aliphatic carboxylic acids is 1. The minimum absolute atomic E-state index is 0.0221. The average molecular weight is 721 g/mol. The minimum Gasteiger partial charge on any atom is -0.481 e. The number of fused-ring (bicyclic) bond motifs is 1. The van der Waals surface area contributed by atoms with Crippen molar-refractivity contribution < 1.29 is 54.2 Å². The van der Waals surface area contributed by atoms with E-state index in [1.807, 2.05) is 0 Å². The van der Waals surface area contributed by atoms with Crippen LogP contribution in [0.15, 0.2) is 36.4 Å². The van der Waals surface area contributed by atoms with Crippen molar-refractivity contribution in [3.63, 3.8) is 0 Å². The molecular weight excluding hydrogens is 687 g/mol. The maximum Gasteiger partial charge on any atom is 0.416 e. The Labute approximate surface area is 280 Å². The number of aromatic nitrogens is 4. The zero-order valence-electron chi connectivity index (χ0n) is 26.8. The standard InChI is InChI=1S/C32H33F9N6O3/c1-3-23-15-26(46(29-42-44-45(2)43-29)16-18-10-21(31(36,37)38)13-22(11-18)32(39,40)41)24-14-20(30(33,34)35)8-9-25(24)47(23)28(50)19-6-4-17(5-7-19)12-27(48)49/h8-11,13-14,17,19,23,26H,3-7,12,15-16H2,1-2H3,(H,48,49)/t17?,19?,23-,26-/m1/s1. The molecule has 1 aromatic heterocycles. The zero-order chi connectivity index (χ0) is 36.8. The summed E-state index contributed by atoms with van der Waals surface area (Å²) in [5, 5.41) is 20.9. The summed E-state index contributed by atoms with van der Waals surface area (Å²) >= 11 is 0. The maximum absolute atomic E-state index is 14.1. The minimum atomic E-state index is -5.15. The molecule has 1 saturated carbocycles. The summed E-state index contributed by atoms with van der Waals surface area (Å²) in [6.45, 7) is 1.06. The number of carboxylic acids is 1. The van der Waals surface area contributed by atoms with Crippen molar-refractivity contribution in [2.24, 2.45) is 18.9 Å². The smallest absolute Gasteiger partial charge is 0.416 e. The lowest BCUT2D eigenvalue weighted by molar-refractivity contribution is -0.143. The zero-order valence-corrected chi connectivity index (χ0v) is 26.8. The van der Waals surface area contributed by atoms with Crippen LogP contribution in [0.5, 0.6) is 0 Å². The first-order valence-electron chi connectivity index (χ1n) is 15.8. The van der Waals surface area contributed by atoms with Crippen LogP contribution in [0, 0.1) is 11.8 Å². The second kappa shape index (κ2) is 13.7. The molecule has 9 nitrogen and oxygen atoms in total. The molecule has 272 valence electrons. The average Bonchev–Trinajstić information content (AvgIpc) is 3.46. The molecule has 1 N–H and O–H groups in total. The number of carboxylic acid groups (broad SMARTS) is 1. The third-order valence-corrected chi connectivity index (χ3v) is 9.33. The van der Waals surface area contributed by atoms with Crippen molar-refractivity contribution >= 4 is 23.5 Å². The molecular formula is C32H33F9N6O3. The number of hydrogen-bond donors (Lipinski definition) is 1. The van der Waals surface area contributed by atoms with E-state index in [9.17, 15) is 54.2 Å². The number of hydrogen-bond acceptors (Lipinski definition) is 6. The first-order valence-corrected chi connectivity index (χ1v) is 15.8. The van der Waals surface area contributed by atoms with Crippen LogP contribution in [0.3, 0.4) is 0 Å². The van der Waals surface area contributed by atoms with E-state index in [0.29, 0.717) is 44.2 Å². The molecule has 0 bridgehead atoms. The van der Waals surface area contributed by atoms with Crippen molar-refractivity contribution in [2.75, 3.05) is 9.80 Å². The Hall–Kier alpha value is -4.38. The van der Waals surface area contributed by atoms with E-state index in [0.717, 1.165) is 23.0 Å². The van der Waals surface area contributed by atoms with Crippen molar-refractivity contribution in [2.45, 2.75) is 89.0 Å². The van der Waals surface area contributed by atoms with Crippen molar-refractivity contribution in [3.05, 3.63) is 64.2 Å². The van der Waals surface area contributed by atoms with Crippen LogP contribution in [0.1, 0.15) is 85.7 Å². The summed E-state index contributed by atoms with van der Waals surface area (Å²) in [4.78, 5) is 29.0. The van der Waals surface area contributed by atoms with Gasteiger partial charge in [0.15, 0.2) is 0 Å². The highest BCUT2D eigenvalue weighted by Gasteiger charge is 2.44. The van der Waals surface area contributed by atoms with Gasteiger partial charge in [0.05, 0.1) is 29.8 Å². The summed E-state index contributed by atoms with van der Waals surface area (Å²) in [6.07, 6.45) is -13.3. The van der Waals surface area contributed by atoms with E-state index in [-0.39, 0.29) is 47.9 Å². The van der Waals surface area contributed by atoms with Crippen LogP contribution in [-0.4, -0.2) is 43.2 Å². The molecule has 1 aliphatic heterocycles. The molecule has 0 saturated heterocycles. The van der Waals surface area contributed by atoms with Crippen LogP contribution in [0.25, 0.3) is 0 Å². The number of tetrazole rings is 1. The second-order valence-electron chi connectivity index (χ2n) is 12.7. The van der Waals surface area contributed by atoms with Gasteiger partial charge in [-0.3, -0.25) is 9.59 Å². The lowest BCUT2D eigenvalue weighted by Crippen LogP contribution is -2.50. The molecule has 18 heteroatoms. The Morgan fingerprint density at radius 2 is 1.48 bits per heavy atom. The number of aryl methyl sites for hydroxylation is 1. The Morgan fingerprint density at radius 3 is 1.98 bits per heavy atom. The van der Waals surface area contributed by atoms with Crippen molar-refractivity contribution in [1.29, 1.82) is 0 Å². The second-order valence-corrected chi connectivity index (χ2v) is 12.7. The van der Waals surface area contributed by atoms with Gasteiger partial charge in [0.2, 0.25) is 5.91 Å². The van der Waals surface area contributed by atoms with Crippen LogP contribution in [-0.2, 0) is 41.7 Å². The van der Waals surface area contributed by atoms with Gasteiger partial charge < -0.3 is 14.9 Å². The van der Waals surface area contributed by atoms with Crippen LogP contribution < -0.4 is 9.80 Å². The maximum atomic E-state index is 14.1. The summed E-state index contributed by atoms with van der Waals surface area (Å²) in [5.41, 5.74) is -4.63.